The summed E-state index contributed by atoms with van der Waals surface area (Å²) < 4.78 is 5.57. The minimum absolute atomic E-state index is 0.0274. The monoisotopic (exact) mass is 380 g/mol. The molecule has 3 rings (SSSR count). The molecule has 0 bridgehead atoms. The van der Waals surface area contributed by atoms with Crippen molar-refractivity contribution >= 4 is 11.9 Å². The number of rotatable bonds is 6. The van der Waals surface area contributed by atoms with Gasteiger partial charge in [-0.1, -0.05) is 36.4 Å². The molecular formula is C22H28N4O2. The lowest BCUT2D eigenvalue weighted by Crippen LogP contribution is -2.43. The molecule has 1 aliphatic rings. The number of aliphatic imine (C=N–C) groups is 1. The van der Waals surface area contributed by atoms with Crippen LogP contribution in [0.3, 0.4) is 0 Å². The number of likely N-dealkylation sites (N-methyl/N-ethyl adjacent to an activating group) is 1. The van der Waals surface area contributed by atoms with Crippen molar-refractivity contribution in [2.45, 2.75) is 26.4 Å². The van der Waals surface area contributed by atoms with E-state index in [1.54, 1.807) is 0 Å². The highest BCUT2D eigenvalue weighted by Crippen LogP contribution is 2.19. The molecule has 0 fully saturated rings. The lowest BCUT2D eigenvalue weighted by atomic mass is 10.0. The Morgan fingerprint density at radius 3 is 2.75 bits per heavy atom. The average molecular weight is 380 g/mol. The Morgan fingerprint density at radius 1 is 1.14 bits per heavy atom. The first-order chi connectivity index (χ1) is 13.7. The summed E-state index contributed by atoms with van der Waals surface area (Å²) in [4.78, 5) is 18.3. The molecule has 6 nitrogen and oxygen atoms in total. The van der Waals surface area contributed by atoms with Crippen LogP contribution in [0.15, 0.2) is 53.5 Å². The van der Waals surface area contributed by atoms with Crippen molar-refractivity contribution in [2.24, 2.45) is 4.99 Å². The van der Waals surface area contributed by atoms with E-state index < -0.39 is 0 Å². The van der Waals surface area contributed by atoms with E-state index in [-0.39, 0.29) is 12.5 Å². The lowest BCUT2D eigenvalue weighted by molar-refractivity contribution is -0.122. The fourth-order valence-electron chi connectivity index (χ4n) is 3.33. The molecule has 1 amide bonds. The zero-order valence-corrected chi connectivity index (χ0v) is 16.6. The maximum absolute atomic E-state index is 11.5. The Hall–Kier alpha value is -3.02. The highest BCUT2D eigenvalue weighted by molar-refractivity contribution is 5.80. The summed E-state index contributed by atoms with van der Waals surface area (Å²) in [5.41, 5.74) is 3.86. The SMILES string of the molecule is CCNC(=O)COc1cccc(CNC(=NC)N2CCc3ccccc3C2)c1. The van der Waals surface area contributed by atoms with Gasteiger partial charge >= 0.3 is 0 Å². The van der Waals surface area contributed by atoms with E-state index in [0.29, 0.717) is 18.8 Å². The molecule has 2 aromatic rings. The predicted molar refractivity (Wildman–Crippen MR) is 111 cm³/mol. The van der Waals surface area contributed by atoms with E-state index in [2.05, 4.69) is 44.8 Å². The molecule has 0 aromatic heterocycles. The van der Waals surface area contributed by atoms with E-state index in [0.717, 1.165) is 31.0 Å². The molecule has 0 atom stereocenters. The Bertz CT molecular complexity index is 835. The molecule has 0 spiro atoms. The number of nitrogens with one attached hydrogen (secondary N) is 2. The molecule has 0 aliphatic carbocycles. The molecule has 6 heteroatoms. The van der Waals surface area contributed by atoms with Crippen molar-refractivity contribution in [1.82, 2.24) is 15.5 Å². The smallest absolute Gasteiger partial charge is 0.257 e. The molecule has 0 saturated carbocycles. The maximum Gasteiger partial charge on any atom is 0.257 e. The summed E-state index contributed by atoms with van der Waals surface area (Å²) in [6.45, 7) is 4.98. The summed E-state index contributed by atoms with van der Waals surface area (Å²) in [5, 5.41) is 6.16. The lowest BCUT2D eigenvalue weighted by Gasteiger charge is -2.31. The molecule has 1 heterocycles. The van der Waals surface area contributed by atoms with Gasteiger partial charge in [0.2, 0.25) is 0 Å². The van der Waals surface area contributed by atoms with Crippen LogP contribution >= 0.6 is 0 Å². The summed E-state index contributed by atoms with van der Waals surface area (Å²) >= 11 is 0. The average Bonchev–Trinajstić information content (AvgIpc) is 2.73. The van der Waals surface area contributed by atoms with Crippen molar-refractivity contribution in [3.05, 3.63) is 65.2 Å². The van der Waals surface area contributed by atoms with E-state index >= 15 is 0 Å². The van der Waals surface area contributed by atoms with Crippen LogP contribution in [0, 0.1) is 0 Å². The number of nitrogens with zero attached hydrogens (tertiary/aromatic N) is 2. The molecule has 0 radical (unpaired) electrons. The van der Waals surface area contributed by atoms with Crippen molar-refractivity contribution < 1.29 is 9.53 Å². The second-order valence-electron chi connectivity index (χ2n) is 6.73. The van der Waals surface area contributed by atoms with Gasteiger partial charge in [0.15, 0.2) is 12.6 Å². The Kier molecular flexibility index (Phi) is 6.89. The number of fused-ring (bicyclic) bond motifs is 1. The quantitative estimate of drug-likeness (QED) is 0.596. The van der Waals surface area contributed by atoms with E-state index in [1.165, 1.54) is 11.1 Å². The minimum Gasteiger partial charge on any atom is -0.484 e. The fraction of sp³-hybridized carbons (Fsp3) is 0.364. The molecule has 28 heavy (non-hydrogen) atoms. The second kappa shape index (κ2) is 9.78. The van der Waals surface area contributed by atoms with Gasteiger partial charge in [0.05, 0.1) is 0 Å². The zero-order valence-electron chi connectivity index (χ0n) is 16.6. The first-order valence-corrected chi connectivity index (χ1v) is 9.70. The summed E-state index contributed by atoms with van der Waals surface area (Å²) in [6.07, 6.45) is 1.03. The minimum atomic E-state index is -0.114. The van der Waals surface area contributed by atoms with Gasteiger partial charge in [-0.25, -0.2) is 0 Å². The van der Waals surface area contributed by atoms with Gasteiger partial charge in [0, 0.05) is 33.2 Å². The third-order valence-corrected chi connectivity index (χ3v) is 4.73. The van der Waals surface area contributed by atoms with Gasteiger partial charge in [-0.15, -0.1) is 0 Å². The van der Waals surface area contributed by atoms with Crippen LogP contribution in [-0.2, 0) is 24.3 Å². The van der Waals surface area contributed by atoms with Crippen molar-refractivity contribution in [2.75, 3.05) is 26.7 Å². The van der Waals surface area contributed by atoms with Gasteiger partial charge in [0.25, 0.3) is 5.91 Å². The topological polar surface area (TPSA) is 66.0 Å². The number of hydrogen-bond acceptors (Lipinski definition) is 3. The van der Waals surface area contributed by atoms with Crippen LogP contribution in [-0.4, -0.2) is 43.5 Å². The van der Waals surface area contributed by atoms with Gasteiger partial charge < -0.3 is 20.3 Å². The van der Waals surface area contributed by atoms with Crippen LogP contribution in [0.1, 0.15) is 23.6 Å². The van der Waals surface area contributed by atoms with Gasteiger partial charge in [0.1, 0.15) is 5.75 Å². The maximum atomic E-state index is 11.5. The van der Waals surface area contributed by atoms with Crippen LogP contribution in [0.25, 0.3) is 0 Å². The molecule has 1 aliphatic heterocycles. The van der Waals surface area contributed by atoms with E-state index in [4.69, 9.17) is 4.74 Å². The standard InChI is InChI=1S/C22H28N4O2/c1-3-24-21(27)16-28-20-10-6-7-17(13-20)14-25-22(23-2)26-12-11-18-8-4-5-9-19(18)15-26/h4-10,13H,3,11-12,14-16H2,1-2H3,(H,23,25)(H,24,27). The van der Waals surface area contributed by atoms with Crippen LogP contribution in [0.5, 0.6) is 5.75 Å². The summed E-state index contributed by atoms with van der Waals surface area (Å²) in [5.74, 6) is 1.47. The number of carbonyl (C=O) groups is 1. The highest BCUT2D eigenvalue weighted by Gasteiger charge is 2.18. The van der Waals surface area contributed by atoms with Gasteiger partial charge in [-0.05, 0) is 42.2 Å². The third kappa shape index (κ3) is 5.25. The van der Waals surface area contributed by atoms with Crippen molar-refractivity contribution in [3.63, 3.8) is 0 Å². The van der Waals surface area contributed by atoms with Crippen LogP contribution in [0.2, 0.25) is 0 Å². The third-order valence-electron chi connectivity index (χ3n) is 4.73. The number of guanidine groups is 1. The van der Waals surface area contributed by atoms with Gasteiger partial charge in [-0.3, -0.25) is 9.79 Å². The first kappa shape index (κ1) is 19.7. The number of benzene rings is 2. The van der Waals surface area contributed by atoms with Crippen LogP contribution in [0.4, 0.5) is 0 Å². The number of carbonyl (C=O) groups excluding carboxylic acids is 1. The highest BCUT2D eigenvalue weighted by atomic mass is 16.5. The van der Waals surface area contributed by atoms with Crippen molar-refractivity contribution in [3.8, 4) is 5.75 Å². The molecule has 148 valence electrons. The van der Waals surface area contributed by atoms with Crippen molar-refractivity contribution in [1.29, 1.82) is 0 Å². The van der Waals surface area contributed by atoms with Gasteiger partial charge in [-0.2, -0.15) is 0 Å². The first-order valence-electron chi connectivity index (χ1n) is 9.70. The zero-order chi connectivity index (χ0) is 19.8. The molecule has 2 aromatic carbocycles. The predicted octanol–water partition coefficient (Wildman–Crippen LogP) is 2.34. The van der Waals surface area contributed by atoms with Crippen LogP contribution < -0.4 is 15.4 Å². The molecular weight excluding hydrogens is 352 g/mol. The summed E-state index contributed by atoms with van der Waals surface area (Å²) in [7, 11) is 1.81. The number of hydrogen-bond donors (Lipinski definition) is 2. The Labute approximate surface area is 166 Å². The fourth-order valence-corrected chi connectivity index (χ4v) is 3.33. The van der Waals surface area contributed by atoms with E-state index in [1.807, 2.05) is 38.2 Å². The Morgan fingerprint density at radius 2 is 1.96 bits per heavy atom. The largest absolute Gasteiger partial charge is 0.484 e. The molecule has 0 saturated heterocycles. The second-order valence-corrected chi connectivity index (χ2v) is 6.73. The van der Waals surface area contributed by atoms with E-state index in [9.17, 15) is 4.79 Å². The summed E-state index contributed by atoms with van der Waals surface area (Å²) in [6, 6.07) is 16.4. The molecule has 2 N–H and O–H groups in total. The number of ether oxygens (including phenoxy) is 1. The normalized spacial score (nSPS) is 13.6. The Balaban J connectivity index is 1.56. The number of amides is 1. The molecule has 0 unspecified atom stereocenters.